The molecule has 0 aliphatic carbocycles. The summed E-state index contributed by atoms with van der Waals surface area (Å²) in [5, 5.41) is 5.85. The van der Waals surface area contributed by atoms with Gasteiger partial charge in [0, 0.05) is 0 Å². The number of benzene rings is 4. The van der Waals surface area contributed by atoms with Crippen molar-refractivity contribution in [3.05, 3.63) is 97.1 Å². The molecule has 4 rings (SSSR count). The average molecular weight is 569 g/mol. The summed E-state index contributed by atoms with van der Waals surface area (Å²) in [4.78, 5) is 26.0. The summed E-state index contributed by atoms with van der Waals surface area (Å²) in [6.07, 6.45) is -0.314. The third kappa shape index (κ3) is 7.60. The predicted molar refractivity (Wildman–Crippen MR) is 165 cm³/mol. The summed E-state index contributed by atoms with van der Waals surface area (Å²) in [7, 11) is 3.10. The molecule has 2 atom stereocenters. The molecule has 4 aromatic carbocycles. The van der Waals surface area contributed by atoms with Crippen molar-refractivity contribution in [1.29, 1.82) is 0 Å². The first-order valence-electron chi connectivity index (χ1n) is 13.9. The lowest BCUT2D eigenvalue weighted by Crippen LogP contribution is -2.32. The van der Waals surface area contributed by atoms with Crippen molar-refractivity contribution in [2.24, 2.45) is 0 Å². The van der Waals surface area contributed by atoms with E-state index in [1.807, 2.05) is 98.8 Å². The Labute approximate surface area is 246 Å². The Bertz CT molecular complexity index is 1360. The van der Waals surface area contributed by atoms with Gasteiger partial charge < -0.3 is 29.6 Å². The molecule has 0 fully saturated rings. The molecule has 2 amide bonds. The molecule has 0 bridgehead atoms. The minimum absolute atomic E-state index is 0.268. The van der Waals surface area contributed by atoms with Gasteiger partial charge in [0.05, 0.1) is 25.6 Å². The number of hydrogen-bond acceptors (Lipinski definition) is 6. The van der Waals surface area contributed by atoms with E-state index in [0.717, 1.165) is 11.1 Å². The summed E-state index contributed by atoms with van der Waals surface area (Å²) >= 11 is 0. The number of ether oxygens (including phenoxy) is 4. The highest BCUT2D eigenvalue weighted by molar-refractivity contribution is 5.97. The lowest BCUT2D eigenvalue weighted by molar-refractivity contribution is -0.123. The van der Waals surface area contributed by atoms with Crippen molar-refractivity contribution in [1.82, 2.24) is 0 Å². The highest BCUT2D eigenvalue weighted by Crippen LogP contribution is 2.35. The lowest BCUT2D eigenvalue weighted by Gasteiger charge is -2.19. The van der Waals surface area contributed by atoms with Gasteiger partial charge in [0.2, 0.25) is 0 Å². The van der Waals surface area contributed by atoms with Crippen LogP contribution in [0.2, 0.25) is 0 Å². The van der Waals surface area contributed by atoms with Crippen LogP contribution >= 0.6 is 0 Å². The quantitative estimate of drug-likeness (QED) is 0.181. The fourth-order valence-corrected chi connectivity index (χ4v) is 4.35. The van der Waals surface area contributed by atoms with Gasteiger partial charge in [-0.05, 0) is 72.5 Å². The fraction of sp³-hybridized carbons (Fsp3) is 0.235. The van der Waals surface area contributed by atoms with E-state index in [2.05, 4.69) is 10.6 Å². The number of para-hydroxylation sites is 2. The molecular weight excluding hydrogens is 532 g/mol. The van der Waals surface area contributed by atoms with Gasteiger partial charge in [0.25, 0.3) is 11.8 Å². The third-order valence-corrected chi connectivity index (χ3v) is 6.62. The molecule has 8 nitrogen and oxygen atoms in total. The first kappa shape index (κ1) is 30.0. The van der Waals surface area contributed by atoms with Gasteiger partial charge in [-0.3, -0.25) is 9.59 Å². The number of anilines is 2. The monoisotopic (exact) mass is 568 g/mol. The molecule has 2 N–H and O–H groups in total. The van der Waals surface area contributed by atoms with Gasteiger partial charge in [-0.2, -0.15) is 0 Å². The largest absolute Gasteiger partial charge is 0.495 e. The standard InChI is InChI=1S/C34H36N2O6/c1-5-29(41-25-13-9-7-10-14-25)33(37)35-27-19-17-23(21-31(27)39-3)24-18-20-28(32(22-24)40-4)36-34(38)30(6-2)42-26-15-11-8-12-16-26/h7-22,29-30H,5-6H2,1-4H3,(H,35,37)(H,36,38). The van der Waals surface area contributed by atoms with Crippen LogP contribution in [0.15, 0.2) is 97.1 Å². The summed E-state index contributed by atoms with van der Waals surface area (Å²) < 4.78 is 23.0. The van der Waals surface area contributed by atoms with Crippen LogP contribution in [-0.4, -0.2) is 38.2 Å². The zero-order valence-electron chi connectivity index (χ0n) is 24.3. The van der Waals surface area contributed by atoms with E-state index in [9.17, 15) is 9.59 Å². The Hall–Kier alpha value is -4.98. The van der Waals surface area contributed by atoms with Crippen molar-refractivity contribution in [2.45, 2.75) is 38.9 Å². The number of methoxy groups -OCH3 is 2. The van der Waals surface area contributed by atoms with E-state index >= 15 is 0 Å². The number of amides is 2. The maximum Gasteiger partial charge on any atom is 0.265 e. The highest BCUT2D eigenvalue weighted by atomic mass is 16.5. The molecule has 0 heterocycles. The summed E-state index contributed by atoms with van der Waals surface area (Å²) in [6.45, 7) is 3.79. The van der Waals surface area contributed by atoms with Gasteiger partial charge in [0.15, 0.2) is 12.2 Å². The van der Waals surface area contributed by atoms with Gasteiger partial charge in [0.1, 0.15) is 23.0 Å². The van der Waals surface area contributed by atoms with Crippen molar-refractivity contribution in [2.75, 3.05) is 24.9 Å². The Morgan fingerprint density at radius 1 is 0.595 bits per heavy atom. The van der Waals surface area contributed by atoms with Crippen molar-refractivity contribution in [3.8, 4) is 34.1 Å². The van der Waals surface area contributed by atoms with Gasteiger partial charge >= 0.3 is 0 Å². The number of rotatable bonds is 13. The molecule has 4 aromatic rings. The van der Waals surface area contributed by atoms with Crippen LogP contribution in [0, 0.1) is 0 Å². The third-order valence-electron chi connectivity index (χ3n) is 6.62. The van der Waals surface area contributed by atoms with E-state index < -0.39 is 12.2 Å². The van der Waals surface area contributed by atoms with Crippen LogP contribution in [0.5, 0.6) is 23.0 Å². The van der Waals surface area contributed by atoms with Crippen LogP contribution < -0.4 is 29.6 Å². The Balaban J connectivity index is 1.48. The average Bonchev–Trinajstić information content (AvgIpc) is 3.03. The molecule has 2 unspecified atom stereocenters. The summed E-state index contributed by atoms with van der Waals surface area (Å²) in [5.74, 6) is 1.71. The second kappa shape index (κ2) is 14.6. The first-order chi connectivity index (χ1) is 20.4. The Morgan fingerprint density at radius 3 is 1.31 bits per heavy atom. The molecule has 218 valence electrons. The molecule has 0 aromatic heterocycles. The van der Waals surface area contributed by atoms with Crippen molar-refractivity contribution in [3.63, 3.8) is 0 Å². The van der Waals surface area contributed by atoms with Crippen LogP contribution in [-0.2, 0) is 9.59 Å². The fourth-order valence-electron chi connectivity index (χ4n) is 4.35. The van der Waals surface area contributed by atoms with Crippen LogP contribution in [0.1, 0.15) is 26.7 Å². The second-order valence-corrected chi connectivity index (χ2v) is 9.46. The SMILES string of the molecule is CCC(Oc1ccccc1)C(=O)Nc1ccc(-c2ccc(NC(=O)C(CC)Oc3ccccc3)c(OC)c2)cc1OC. The van der Waals surface area contributed by atoms with Gasteiger partial charge in [-0.15, -0.1) is 0 Å². The molecule has 0 spiro atoms. The molecule has 0 saturated heterocycles. The molecule has 0 saturated carbocycles. The van der Waals surface area contributed by atoms with Crippen LogP contribution in [0.3, 0.4) is 0 Å². The maximum atomic E-state index is 13.0. The maximum absolute atomic E-state index is 13.0. The molecule has 8 heteroatoms. The zero-order chi connectivity index (χ0) is 29.9. The molecule has 0 aliphatic heterocycles. The van der Waals surface area contributed by atoms with E-state index in [-0.39, 0.29) is 11.8 Å². The zero-order valence-corrected chi connectivity index (χ0v) is 24.3. The van der Waals surface area contributed by atoms with E-state index in [1.54, 1.807) is 26.4 Å². The summed E-state index contributed by atoms with van der Waals surface area (Å²) in [6, 6.07) is 29.5. The van der Waals surface area contributed by atoms with Crippen molar-refractivity contribution < 1.29 is 28.5 Å². The molecule has 42 heavy (non-hydrogen) atoms. The molecular formula is C34H36N2O6. The second-order valence-electron chi connectivity index (χ2n) is 9.46. The highest BCUT2D eigenvalue weighted by Gasteiger charge is 2.22. The smallest absolute Gasteiger partial charge is 0.265 e. The van der Waals surface area contributed by atoms with Crippen LogP contribution in [0.25, 0.3) is 11.1 Å². The van der Waals surface area contributed by atoms with E-state index in [0.29, 0.717) is 47.2 Å². The first-order valence-corrected chi connectivity index (χ1v) is 13.9. The molecule has 0 aliphatic rings. The molecule has 0 radical (unpaired) electrons. The Morgan fingerprint density at radius 2 is 0.976 bits per heavy atom. The number of carbonyl (C=O) groups is 2. The summed E-state index contributed by atoms with van der Waals surface area (Å²) in [5.41, 5.74) is 2.74. The van der Waals surface area contributed by atoms with E-state index in [4.69, 9.17) is 18.9 Å². The minimum Gasteiger partial charge on any atom is -0.495 e. The lowest BCUT2D eigenvalue weighted by atomic mass is 10.0. The topological polar surface area (TPSA) is 95.1 Å². The Kier molecular flexibility index (Phi) is 10.4. The predicted octanol–water partition coefficient (Wildman–Crippen LogP) is 6.96. The van der Waals surface area contributed by atoms with Gasteiger partial charge in [-0.1, -0.05) is 62.4 Å². The number of carbonyl (C=O) groups excluding carboxylic acids is 2. The number of nitrogens with one attached hydrogen (secondary N) is 2. The van der Waals surface area contributed by atoms with Gasteiger partial charge in [-0.25, -0.2) is 0 Å². The number of hydrogen-bond donors (Lipinski definition) is 2. The van der Waals surface area contributed by atoms with Crippen molar-refractivity contribution >= 4 is 23.2 Å². The minimum atomic E-state index is -0.658. The van der Waals surface area contributed by atoms with E-state index in [1.165, 1.54) is 0 Å². The van der Waals surface area contributed by atoms with Crippen LogP contribution in [0.4, 0.5) is 11.4 Å². The normalized spacial score (nSPS) is 12.0.